The summed E-state index contributed by atoms with van der Waals surface area (Å²) in [4.78, 5) is 29.7. The third-order valence-corrected chi connectivity index (χ3v) is 6.54. The van der Waals surface area contributed by atoms with Crippen molar-refractivity contribution < 1.29 is 27.0 Å². The number of hydrogen-bond donors (Lipinski definition) is 0. The van der Waals surface area contributed by atoms with Gasteiger partial charge in [-0.2, -0.15) is 18.4 Å². The molecule has 0 radical (unpaired) electrons. The van der Waals surface area contributed by atoms with Gasteiger partial charge in [-0.15, -0.1) is 0 Å². The first kappa shape index (κ1) is 26.2. The zero-order valence-electron chi connectivity index (χ0n) is 20.7. The minimum Gasteiger partial charge on any atom is -0.481 e. The molecule has 0 spiro atoms. The van der Waals surface area contributed by atoms with Crippen LogP contribution in [0.5, 0.6) is 5.88 Å². The van der Waals surface area contributed by atoms with Gasteiger partial charge in [-0.3, -0.25) is 9.36 Å². The van der Waals surface area contributed by atoms with E-state index in [-0.39, 0.29) is 34.1 Å². The van der Waals surface area contributed by atoms with E-state index in [1.54, 1.807) is 24.4 Å². The summed E-state index contributed by atoms with van der Waals surface area (Å²) in [6, 6.07) is 8.77. The Balaban J connectivity index is 1.69. The Bertz CT molecular complexity index is 1680. The molecule has 13 heteroatoms. The number of fused-ring (bicyclic) bond motifs is 1. The molecule has 1 aromatic carbocycles. The molecule has 4 aromatic rings. The van der Waals surface area contributed by atoms with Gasteiger partial charge in [-0.05, 0) is 42.7 Å². The molecule has 200 valence electrons. The summed E-state index contributed by atoms with van der Waals surface area (Å²) in [5, 5.41) is 9.11. The quantitative estimate of drug-likeness (QED) is 0.349. The lowest BCUT2D eigenvalue weighted by atomic mass is 9.91. The Kier molecular flexibility index (Phi) is 6.73. The van der Waals surface area contributed by atoms with Crippen molar-refractivity contribution in [2.45, 2.75) is 31.0 Å². The van der Waals surface area contributed by atoms with E-state index in [1.807, 2.05) is 0 Å². The van der Waals surface area contributed by atoms with E-state index >= 15 is 4.39 Å². The summed E-state index contributed by atoms with van der Waals surface area (Å²) in [6.07, 6.45) is -2.95. The predicted octanol–water partition coefficient (Wildman–Crippen LogP) is 4.46. The van der Waals surface area contributed by atoms with Crippen molar-refractivity contribution in [3.8, 4) is 23.2 Å². The van der Waals surface area contributed by atoms with Crippen LogP contribution in [-0.4, -0.2) is 38.2 Å². The van der Waals surface area contributed by atoms with Crippen molar-refractivity contribution in [1.82, 2.24) is 24.5 Å². The van der Waals surface area contributed by atoms with E-state index in [1.165, 1.54) is 19.2 Å². The summed E-state index contributed by atoms with van der Waals surface area (Å²) in [7, 11) is 2.44. The lowest BCUT2D eigenvalue weighted by Crippen LogP contribution is -2.29. The number of nitrogens with zero attached hydrogens (tertiary/aromatic N) is 6. The van der Waals surface area contributed by atoms with E-state index in [0.29, 0.717) is 29.9 Å². The first-order chi connectivity index (χ1) is 18.6. The summed E-state index contributed by atoms with van der Waals surface area (Å²) in [5.74, 6) is -2.20. The maximum atomic E-state index is 15.1. The van der Waals surface area contributed by atoms with Gasteiger partial charge in [-0.1, -0.05) is 0 Å². The van der Waals surface area contributed by atoms with Crippen LogP contribution in [0, 0.1) is 17.1 Å². The average Bonchev–Trinajstić information content (AvgIpc) is 2.94. The van der Waals surface area contributed by atoms with Gasteiger partial charge in [0.05, 0.1) is 24.8 Å². The van der Waals surface area contributed by atoms with E-state index in [0.717, 1.165) is 18.7 Å². The number of ether oxygens (including phenoxy) is 2. The predicted molar refractivity (Wildman–Crippen MR) is 129 cm³/mol. The minimum atomic E-state index is -4.96. The Morgan fingerprint density at radius 2 is 1.95 bits per heavy atom. The zero-order valence-corrected chi connectivity index (χ0v) is 20.7. The maximum absolute atomic E-state index is 15.1. The number of pyridine rings is 1. The monoisotopic (exact) mass is 540 g/mol. The SMILES string of the molecule is COc1cc([C@@H]2C[C@@H](c3nc(-c4ccc(C#N)cc4F)c4nc(C(F)(F)F)n(C)c(=O)c4n3)CCO2)ccn1. The van der Waals surface area contributed by atoms with Crippen molar-refractivity contribution >= 4 is 11.0 Å². The molecule has 1 aliphatic rings. The fraction of sp³-hybridized carbons (Fsp3) is 0.308. The van der Waals surface area contributed by atoms with Crippen LogP contribution in [0.25, 0.3) is 22.3 Å². The highest BCUT2D eigenvalue weighted by molar-refractivity contribution is 5.88. The lowest BCUT2D eigenvalue weighted by molar-refractivity contribution is -0.147. The second-order valence-electron chi connectivity index (χ2n) is 8.94. The molecule has 1 saturated heterocycles. The van der Waals surface area contributed by atoms with Gasteiger partial charge in [0.25, 0.3) is 5.56 Å². The Labute approximate surface area is 218 Å². The molecule has 0 unspecified atom stereocenters. The van der Waals surface area contributed by atoms with Crippen molar-refractivity contribution in [2.24, 2.45) is 7.05 Å². The third kappa shape index (κ3) is 4.90. The summed E-state index contributed by atoms with van der Waals surface area (Å²) >= 11 is 0. The van der Waals surface area contributed by atoms with Gasteiger partial charge in [0.2, 0.25) is 11.7 Å². The van der Waals surface area contributed by atoms with E-state index in [2.05, 4.69) is 19.9 Å². The number of nitriles is 1. The number of benzene rings is 1. The molecule has 5 rings (SSSR count). The highest BCUT2D eigenvalue weighted by atomic mass is 19.4. The smallest absolute Gasteiger partial charge is 0.449 e. The molecule has 2 atom stereocenters. The average molecular weight is 540 g/mol. The molecule has 0 saturated carbocycles. The van der Waals surface area contributed by atoms with Gasteiger partial charge < -0.3 is 9.47 Å². The third-order valence-electron chi connectivity index (χ3n) is 6.54. The molecule has 0 amide bonds. The van der Waals surface area contributed by atoms with Crippen LogP contribution in [0.3, 0.4) is 0 Å². The van der Waals surface area contributed by atoms with Gasteiger partial charge in [0.15, 0.2) is 5.52 Å². The molecule has 3 aromatic heterocycles. The van der Waals surface area contributed by atoms with Gasteiger partial charge in [0, 0.05) is 37.4 Å². The van der Waals surface area contributed by atoms with Gasteiger partial charge in [-0.25, -0.2) is 24.3 Å². The van der Waals surface area contributed by atoms with Crippen LogP contribution in [0.2, 0.25) is 0 Å². The van der Waals surface area contributed by atoms with Crippen LogP contribution >= 0.6 is 0 Å². The fourth-order valence-corrected chi connectivity index (χ4v) is 4.56. The number of hydrogen-bond acceptors (Lipinski definition) is 8. The number of alkyl halides is 3. The van der Waals surface area contributed by atoms with E-state index in [9.17, 15) is 18.0 Å². The second kappa shape index (κ2) is 10.0. The van der Waals surface area contributed by atoms with Gasteiger partial charge >= 0.3 is 6.18 Å². The second-order valence-corrected chi connectivity index (χ2v) is 8.94. The van der Waals surface area contributed by atoms with Crippen molar-refractivity contribution in [2.75, 3.05) is 13.7 Å². The maximum Gasteiger partial charge on any atom is 0.449 e. The number of rotatable bonds is 4. The van der Waals surface area contributed by atoms with Gasteiger partial charge in [0.1, 0.15) is 22.9 Å². The topological polar surface area (TPSA) is 116 Å². The molecule has 0 aliphatic carbocycles. The highest BCUT2D eigenvalue weighted by Gasteiger charge is 2.38. The molecule has 1 aliphatic heterocycles. The van der Waals surface area contributed by atoms with Crippen LogP contribution in [-0.2, 0) is 18.0 Å². The van der Waals surface area contributed by atoms with Crippen LogP contribution < -0.4 is 10.3 Å². The zero-order chi connectivity index (χ0) is 27.9. The first-order valence-electron chi connectivity index (χ1n) is 11.8. The van der Waals surface area contributed by atoms with Crippen LogP contribution in [0.15, 0.2) is 41.3 Å². The molecule has 39 heavy (non-hydrogen) atoms. The van der Waals surface area contributed by atoms with Crippen LogP contribution in [0.4, 0.5) is 17.6 Å². The Morgan fingerprint density at radius 1 is 1.15 bits per heavy atom. The molecule has 9 nitrogen and oxygen atoms in total. The normalized spacial score (nSPS) is 17.7. The lowest BCUT2D eigenvalue weighted by Gasteiger charge is -2.29. The minimum absolute atomic E-state index is 0.00902. The molecule has 4 heterocycles. The molecule has 0 bridgehead atoms. The number of methoxy groups -OCH3 is 1. The largest absolute Gasteiger partial charge is 0.481 e. The summed E-state index contributed by atoms with van der Waals surface area (Å²) < 4.78 is 67.7. The van der Waals surface area contributed by atoms with E-state index in [4.69, 9.17) is 14.7 Å². The van der Waals surface area contributed by atoms with Crippen molar-refractivity contribution in [3.05, 3.63) is 75.5 Å². The van der Waals surface area contributed by atoms with Crippen molar-refractivity contribution in [1.29, 1.82) is 5.26 Å². The molecular formula is C26H20F4N6O3. The van der Waals surface area contributed by atoms with E-state index < -0.39 is 35.0 Å². The Hall–Kier alpha value is -4.44. The fourth-order valence-electron chi connectivity index (χ4n) is 4.56. The molecule has 0 N–H and O–H groups in total. The highest BCUT2D eigenvalue weighted by Crippen LogP contribution is 2.39. The molecule has 1 fully saturated rings. The number of halogens is 4. The van der Waals surface area contributed by atoms with Crippen LogP contribution in [0.1, 0.15) is 47.6 Å². The Morgan fingerprint density at radius 3 is 2.64 bits per heavy atom. The number of aromatic nitrogens is 5. The standard InChI is InChI=1S/C26H20F4N6O3/c1-36-24(37)22-21(35-25(36)26(28,29)30)20(16-4-3-13(12-31)9-17(16)27)33-23(34-22)15-6-8-39-18(10-15)14-5-7-32-19(11-14)38-2/h3-5,7,9,11,15,18H,6,8,10H2,1-2H3/t15-,18-/m0/s1. The summed E-state index contributed by atoms with van der Waals surface area (Å²) in [6.45, 7) is 0.311. The van der Waals surface area contributed by atoms with Crippen molar-refractivity contribution in [3.63, 3.8) is 0 Å². The first-order valence-corrected chi connectivity index (χ1v) is 11.8. The summed E-state index contributed by atoms with van der Waals surface area (Å²) in [5.41, 5.74) is -1.59. The molecular weight excluding hydrogens is 520 g/mol.